The molecule has 0 aliphatic heterocycles. The zero-order valence-electron chi connectivity index (χ0n) is 13.0. The van der Waals surface area contributed by atoms with Gasteiger partial charge in [-0.3, -0.25) is 0 Å². The van der Waals surface area contributed by atoms with Crippen molar-refractivity contribution < 1.29 is 21.6 Å². The van der Waals surface area contributed by atoms with Gasteiger partial charge in [-0.15, -0.1) is 0 Å². The molecule has 0 aliphatic rings. The minimum atomic E-state index is -4.62. The highest BCUT2D eigenvalue weighted by molar-refractivity contribution is 7.90. The highest BCUT2D eigenvalue weighted by atomic mass is 32.2. The Labute approximate surface area is 142 Å². The highest BCUT2D eigenvalue weighted by Gasteiger charge is 2.35. The third-order valence-corrected chi connectivity index (χ3v) is 5.34. The lowest BCUT2D eigenvalue weighted by Crippen LogP contribution is -2.15. The van der Waals surface area contributed by atoms with Crippen molar-refractivity contribution >= 4 is 10.0 Å². The molecule has 0 spiro atoms. The number of nitrogens with zero attached hydrogens (tertiary/aromatic N) is 2. The Morgan fingerprint density at radius 3 is 2.28 bits per heavy atom. The first-order valence-electron chi connectivity index (χ1n) is 7.23. The number of rotatable bonds is 3. The first-order valence-corrected chi connectivity index (χ1v) is 8.67. The van der Waals surface area contributed by atoms with Crippen molar-refractivity contribution in [2.24, 2.45) is 0 Å². The van der Waals surface area contributed by atoms with E-state index in [1.807, 2.05) is 0 Å². The van der Waals surface area contributed by atoms with Crippen molar-refractivity contribution in [2.75, 3.05) is 0 Å². The van der Waals surface area contributed by atoms with Crippen molar-refractivity contribution in [3.05, 3.63) is 72.1 Å². The Hall–Kier alpha value is -2.61. The molecule has 4 nitrogen and oxygen atoms in total. The molecule has 0 bridgehead atoms. The van der Waals surface area contributed by atoms with E-state index in [9.17, 15) is 21.6 Å². The Balaban J connectivity index is 2.19. The predicted octanol–water partition coefficient (Wildman–Crippen LogP) is 4.11. The van der Waals surface area contributed by atoms with Crippen LogP contribution < -0.4 is 0 Å². The maximum absolute atomic E-state index is 13.2. The van der Waals surface area contributed by atoms with E-state index in [0.717, 1.165) is 28.0 Å². The van der Waals surface area contributed by atoms with Crippen molar-refractivity contribution in [1.29, 1.82) is 0 Å². The molecular formula is C17H13F3N2O2S. The normalized spacial score (nSPS) is 12.3. The van der Waals surface area contributed by atoms with Crippen LogP contribution in [-0.4, -0.2) is 17.4 Å². The van der Waals surface area contributed by atoms with E-state index in [0.29, 0.717) is 0 Å². The number of hydrogen-bond donors (Lipinski definition) is 0. The third kappa shape index (κ3) is 3.17. The summed E-state index contributed by atoms with van der Waals surface area (Å²) in [6.45, 7) is 1.80. The molecule has 8 heteroatoms. The van der Waals surface area contributed by atoms with Crippen LogP contribution >= 0.6 is 0 Å². The van der Waals surface area contributed by atoms with Gasteiger partial charge in [-0.25, -0.2) is 17.4 Å². The highest BCUT2D eigenvalue weighted by Crippen LogP contribution is 2.37. The number of hydrogen-bond acceptors (Lipinski definition) is 3. The SMILES string of the molecule is Cc1ccc(S(=O)(=O)n2ccnc2-c2ccccc2C(F)(F)F)cc1. The molecule has 0 N–H and O–H groups in total. The van der Waals surface area contributed by atoms with Crippen LogP contribution in [0.5, 0.6) is 0 Å². The summed E-state index contributed by atoms with van der Waals surface area (Å²) in [6, 6.07) is 10.8. The lowest BCUT2D eigenvalue weighted by atomic mass is 10.1. The number of imidazole rings is 1. The number of aryl methyl sites for hydroxylation is 1. The lowest BCUT2D eigenvalue weighted by Gasteiger charge is -2.14. The van der Waals surface area contributed by atoms with E-state index in [4.69, 9.17) is 0 Å². The maximum Gasteiger partial charge on any atom is 0.417 e. The number of alkyl halides is 3. The van der Waals surface area contributed by atoms with Gasteiger partial charge >= 0.3 is 6.18 Å². The molecule has 0 aliphatic carbocycles. The lowest BCUT2D eigenvalue weighted by molar-refractivity contribution is -0.137. The molecule has 0 atom stereocenters. The van der Waals surface area contributed by atoms with Crippen molar-refractivity contribution in [1.82, 2.24) is 8.96 Å². The molecular weight excluding hydrogens is 353 g/mol. The summed E-state index contributed by atoms with van der Waals surface area (Å²) < 4.78 is 66.1. The summed E-state index contributed by atoms with van der Waals surface area (Å²) in [4.78, 5) is 3.83. The average Bonchev–Trinajstić information content (AvgIpc) is 3.05. The minimum absolute atomic E-state index is 0.0261. The van der Waals surface area contributed by atoms with E-state index >= 15 is 0 Å². The fourth-order valence-electron chi connectivity index (χ4n) is 2.42. The predicted molar refractivity (Wildman–Crippen MR) is 86.4 cm³/mol. The van der Waals surface area contributed by atoms with Gasteiger partial charge in [-0.1, -0.05) is 35.9 Å². The summed E-state index contributed by atoms with van der Waals surface area (Å²) in [7, 11) is -4.07. The largest absolute Gasteiger partial charge is 0.417 e. The van der Waals surface area contributed by atoms with E-state index in [1.54, 1.807) is 19.1 Å². The smallest absolute Gasteiger partial charge is 0.236 e. The van der Waals surface area contributed by atoms with Gasteiger partial charge in [-0.2, -0.15) is 13.2 Å². The summed E-state index contributed by atoms with van der Waals surface area (Å²) >= 11 is 0. The van der Waals surface area contributed by atoms with Gasteiger partial charge in [0.1, 0.15) is 0 Å². The third-order valence-electron chi connectivity index (χ3n) is 3.66. The number of benzene rings is 2. The van der Waals surface area contributed by atoms with Crippen molar-refractivity contribution in [2.45, 2.75) is 18.0 Å². The first-order chi connectivity index (χ1) is 11.7. The molecule has 3 aromatic rings. The average molecular weight is 366 g/mol. The standard InChI is InChI=1S/C17H13F3N2O2S/c1-12-6-8-13(9-7-12)25(23,24)22-11-10-21-16(22)14-4-2-3-5-15(14)17(18,19)20/h2-11H,1H3. The fraction of sp³-hybridized carbons (Fsp3) is 0.118. The van der Waals surface area contributed by atoms with Gasteiger partial charge < -0.3 is 0 Å². The molecule has 0 unspecified atom stereocenters. The van der Waals surface area contributed by atoms with Gasteiger partial charge in [0.2, 0.25) is 0 Å². The van der Waals surface area contributed by atoms with Crippen LogP contribution in [-0.2, 0) is 16.2 Å². The second kappa shape index (κ2) is 6.03. The molecule has 0 radical (unpaired) electrons. The van der Waals surface area contributed by atoms with E-state index in [-0.39, 0.29) is 16.3 Å². The summed E-state index contributed by atoms with van der Waals surface area (Å²) in [5.74, 6) is -0.284. The molecule has 1 heterocycles. The van der Waals surface area contributed by atoms with Gasteiger partial charge in [0.05, 0.1) is 10.5 Å². The Morgan fingerprint density at radius 1 is 1.00 bits per heavy atom. The summed E-state index contributed by atoms with van der Waals surface area (Å²) in [6.07, 6.45) is -2.33. The first kappa shape index (κ1) is 17.2. The fourth-order valence-corrected chi connectivity index (χ4v) is 3.72. The van der Waals surface area contributed by atoms with Crippen molar-refractivity contribution in [3.8, 4) is 11.4 Å². The summed E-state index contributed by atoms with van der Waals surface area (Å²) in [5, 5.41) is 0. The quantitative estimate of drug-likeness (QED) is 0.701. The Bertz CT molecular complexity index is 1010. The molecule has 130 valence electrons. The van der Waals surface area contributed by atoms with Crippen LogP contribution in [0, 0.1) is 6.92 Å². The topological polar surface area (TPSA) is 52.0 Å². The second-order valence-electron chi connectivity index (χ2n) is 5.41. The van der Waals surface area contributed by atoms with Gasteiger partial charge in [0, 0.05) is 18.0 Å². The minimum Gasteiger partial charge on any atom is -0.236 e. The van der Waals surface area contributed by atoms with Crippen LogP contribution in [0.4, 0.5) is 13.2 Å². The van der Waals surface area contributed by atoms with Gasteiger partial charge in [0.15, 0.2) is 5.82 Å². The van der Waals surface area contributed by atoms with Crippen LogP contribution in [0.1, 0.15) is 11.1 Å². The second-order valence-corrected chi connectivity index (χ2v) is 7.22. The molecule has 0 saturated carbocycles. The van der Waals surface area contributed by atoms with Crippen LogP contribution in [0.2, 0.25) is 0 Å². The zero-order valence-corrected chi connectivity index (χ0v) is 13.8. The number of halogens is 3. The maximum atomic E-state index is 13.2. The Morgan fingerprint density at radius 2 is 1.64 bits per heavy atom. The molecule has 0 saturated heterocycles. The monoisotopic (exact) mass is 366 g/mol. The number of aromatic nitrogens is 2. The van der Waals surface area contributed by atoms with E-state index in [1.165, 1.54) is 30.3 Å². The molecule has 3 rings (SSSR count). The van der Waals surface area contributed by atoms with Gasteiger partial charge in [-0.05, 0) is 25.1 Å². The van der Waals surface area contributed by atoms with E-state index in [2.05, 4.69) is 4.98 Å². The molecule has 0 amide bonds. The Kier molecular flexibility index (Phi) is 4.16. The van der Waals surface area contributed by atoms with Crippen LogP contribution in [0.25, 0.3) is 11.4 Å². The van der Waals surface area contributed by atoms with E-state index < -0.39 is 21.8 Å². The van der Waals surface area contributed by atoms with Crippen molar-refractivity contribution in [3.63, 3.8) is 0 Å². The van der Waals surface area contributed by atoms with Crippen LogP contribution in [0.3, 0.4) is 0 Å². The van der Waals surface area contributed by atoms with Gasteiger partial charge in [0.25, 0.3) is 10.0 Å². The summed E-state index contributed by atoms with van der Waals surface area (Å²) in [5.41, 5.74) is -0.371. The zero-order chi connectivity index (χ0) is 18.2. The molecule has 25 heavy (non-hydrogen) atoms. The molecule has 1 aromatic heterocycles. The molecule has 0 fully saturated rings. The van der Waals surface area contributed by atoms with Crippen LogP contribution in [0.15, 0.2) is 65.8 Å². The molecule has 2 aromatic carbocycles.